The Morgan fingerprint density at radius 1 is 0.208 bits per heavy atom. The van der Waals surface area contributed by atoms with Crippen LogP contribution in [0.15, 0.2) is 0 Å². The van der Waals surface area contributed by atoms with Crippen molar-refractivity contribution in [3.8, 4) is 0 Å². The molecule has 0 N–H and O–H groups in total. The normalized spacial score (nSPS) is 1.67. The minimum atomic E-state index is 0. The Morgan fingerprint density at radius 2 is 0.208 bits per heavy atom. The van der Waals surface area contributed by atoms with Gasteiger partial charge >= 0.3 is 59.1 Å². The molecule has 0 heterocycles. The van der Waals surface area contributed by atoms with Gasteiger partial charge in [-0.2, -0.15) is 0 Å². The Hall–Kier alpha value is 0.0766. The smallest absolute Gasteiger partial charge is 0.281 e. The minimum Gasteiger partial charge on any atom is -0.281 e. The molecule has 0 aromatic rings. The molecule has 0 saturated heterocycles. The number of carbonyl (C=O) groups excluding carboxylic acids is 10. The van der Waals surface area contributed by atoms with Gasteiger partial charge in [-0.1, -0.05) is 0 Å². The molecule has 0 aliphatic heterocycles. The van der Waals surface area contributed by atoms with Gasteiger partial charge < -0.3 is 0 Å². The van der Waals surface area contributed by atoms with Crippen molar-refractivity contribution in [2.24, 2.45) is 0 Å². The van der Waals surface area contributed by atoms with Gasteiger partial charge in [0.25, 0.3) is 67.9 Å². The monoisotopic (exact) mass is 522 g/mol. The summed E-state index contributed by atoms with van der Waals surface area (Å²) >= 11 is 0. The molecular weight excluding hydrogens is 518 g/mol. The van der Waals surface area contributed by atoms with Gasteiger partial charge in [-0.05, 0) is 0 Å². The zero-order valence-electron chi connectivity index (χ0n) is 11.9. The van der Waals surface area contributed by atoms with E-state index in [4.69, 9.17) is 47.9 Å². The topological polar surface area (TPSA) is 171 Å². The van der Waals surface area contributed by atoms with E-state index in [1.807, 2.05) is 0 Å². The first-order valence-electron chi connectivity index (χ1n) is 2.04. The molecule has 0 aromatic carbocycles. The average Bonchev–Trinajstić information content (AvgIpc) is 2.71. The van der Waals surface area contributed by atoms with Gasteiger partial charge in [-0.25, -0.2) is 0 Å². The van der Waals surface area contributed by atoms with Gasteiger partial charge in [-0.3, -0.25) is 47.9 Å². The fourth-order valence-electron chi connectivity index (χ4n) is 0. The standard InChI is InChI=1S/10CO.2Mo.2Na/c10*1-2;;;;/q;;;;;;;;;;;;2*+1. The predicted octanol–water partition coefficient (Wildman–Crippen LogP) is -9.97. The van der Waals surface area contributed by atoms with Crippen LogP contribution in [0.4, 0.5) is 0 Å². The molecule has 24 heavy (non-hydrogen) atoms. The molecule has 0 fully saturated rings. The molecule has 0 saturated carbocycles. The largest absolute Gasteiger partial charge is 1.00 e. The molecule has 10 nitrogen and oxygen atoms in total. The molecule has 0 unspecified atom stereocenters. The van der Waals surface area contributed by atoms with Crippen molar-refractivity contribution in [2.75, 3.05) is 0 Å². The number of rotatable bonds is 0. The van der Waals surface area contributed by atoms with E-state index >= 15 is 0 Å². The van der Waals surface area contributed by atoms with E-state index in [1.165, 1.54) is 0 Å². The Bertz CT molecular complexity index is 72.8. The molecule has 20 radical (unpaired) electrons. The van der Waals surface area contributed by atoms with Crippen molar-refractivity contribution in [3.05, 3.63) is 0 Å². The molecule has 0 atom stereocenters. The summed E-state index contributed by atoms with van der Waals surface area (Å²) in [4.78, 5) is 75.0. The first-order chi connectivity index (χ1) is 10.0. The van der Waals surface area contributed by atoms with Gasteiger partial charge in [0.2, 0.25) is 0 Å². The van der Waals surface area contributed by atoms with Crippen LogP contribution in [0.2, 0.25) is 0 Å². The molecule has 14 heteroatoms. The number of hydrogen-bond donors (Lipinski definition) is 0. The van der Waals surface area contributed by atoms with Gasteiger partial charge in [0.15, 0.2) is 0 Å². The van der Waals surface area contributed by atoms with Crippen molar-refractivity contribution >= 4 is 67.9 Å². The molecular formula is C10Mo2Na2O10+2. The fourth-order valence-corrected chi connectivity index (χ4v) is 0. The Morgan fingerprint density at radius 3 is 0.208 bits per heavy atom. The van der Waals surface area contributed by atoms with E-state index in [-0.39, 0.29) is 101 Å². The van der Waals surface area contributed by atoms with Crippen LogP contribution in [0, 0.1) is 0 Å². The molecule has 0 bridgehead atoms. The molecule has 0 rings (SSSR count). The maximum Gasteiger partial charge on any atom is 1.00 e. The molecule has 0 aromatic heterocycles. The fraction of sp³-hybridized carbons (Fsp3) is 0. The Kier molecular flexibility index (Phi) is 10100000. The van der Waals surface area contributed by atoms with Crippen LogP contribution in [-0.4, -0.2) is 67.9 Å². The van der Waals surface area contributed by atoms with Gasteiger partial charge in [0, 0.05) is 42.1 Å². The zero-order chi connectivity index (χ0) is 20.0. The van der Waals surface area contributed by atoms with Crippen LogP contribution in [0.1, 0.15) is 0 Å². The average molecular weight is 518 g/mol. The van der Waals surface area contributed by atoms with Crippen molar-refractivity contribution in [3.63, 3.8) is 0 Å². The van der Waals surface area contributed by atoms with Crippen molar-refractivity contribution in [1.82, 2.24) is 0 Å². The van der Waals surface area contributed by atoms with E-state index < -0.39 is 0 Å². The van der Waals surface area contributed by atoms with Gasteiger partial charge in [0.1, 0.15) is 0 Å². The van der Waals surface area contributed by atoms with Crippen molar-refractivity contribution < 1.29 is 149 Å². The van der Waals surface area contributed by atoms with Crippen molar-refractivity contribution in [1.29, 1.82) is 0 Å². The first kappa shape index (κ1) is 126. The third-order valence-corrected chi connectivity index (χ3v) is 0. The van der Waals surface area contributed by atoms with E-state index in [1.54, 1.807) is 0 Å². The summed E-state index contributed by atoms with van der Waals surface area (Å²) in [7, 11) is 0. The zero-order valence-corrected chi connectivity index (χ0v) is 19.9. The molecule has 0 aliphatic carbocycles. The predicted molar refractivity (Wildman–Crippen MR) is 56.9 cm³/mol. The summed E-state index contributed by atoms with van der Waals surface area (Å²) in [5.74, 6) is 0. The van der Waals surface area contributed by atoms with E-state index in [0.717, 1.165) is 0 Å². The quantitative estimate of drug-likeness (QED) is 0.281. The second-order valence-corrected chi connectivity index (χ2v) is 0. The Balaban J connectivity index is -0.00000000379. The summed E-state index contributed by atoms with van der Waals surface area (Å²) < 4.78 is 0. The molecule has 0 aliphatic rings. The molecule has 0 spiro atoms. The second-order valence-electron chi connectivity index (χ2n) is 0. The Labute approximate surface area is 214 Å². The van der Waals surface area contributed by atoms with Gasteiger partial charge in [-0.15, -0.1) is 0 Å². The maximum atomic E-state index is 7.50. The summed E-state index contributed by atoms with van der Waals surface area (Å²) in [6.45, 7) is 45.0. The van der Waals surface area contributed by atoms with Crippen LogP contribution in [0.25, 0.3) is 0 Å². The SMILES string of the molecule is [C]=O.[C]=O.[C]=O.[C]=O.[C]=O.[C]=O.[C]=O.[C]=O.[C]=O.[C]=O.[Mo].[Mo].[Na+].[Na+]. The van der Waals surface area contributed by atoms with E-state index in [0.29, 0.717) is 0 Å². The van der Waals surface area contributed by atoms with Crippen LogP contribution in [0.5, 0.6) is 0 Å². The van der Waals surface area contributed by atoms with E-state index in [2.05, 4.69) is 67.9 Å². The molecule has 112 valence electrons. The summed E-state index contributed by atoms with van der Waals surface area (Å²) in [5.41, 5.74) is 0. The van der Waals surface area contributed by atoms with E-state index in [9.17, 15) is 0 Å². The maximum absolute atomic E-state index is 7.50. The van der Waals surface area contributed by atoms with Crippen LogP contribution >= 0.6 is 0 Å². The van der Waals surface area contributed by atoms with Gasteiger partial charge in [0.05, 0.1) is 0 Å². The minimum absolute atomic E-state index is 0. The van der Waals surface area contributed by atoms with Crippen LogP contribution in [-0.2, 0) is 90.1 Å². The number of hydrogen-bond acceptors (Lipinski definition) is 10. The second kappa shape index (κ2) is 1920000. The van der Waals surface area contributed by atoms with Crippen molar-refractivity contribution in [2.45, 2.75) is 0 Å². The third-order valence-electron chi connectivity index (χ3n) is 0. The summed E-state index contributed by atoms with van der Waals surface area (Å²) in [6, 6.07) is 0. The first-order valence-corrected chi connectivity index (χ1v) is 2.04. The molecule has 0 amide bonds. The summed E-state index contributed by atoms with van der Waals surface area (Å²) in [6.07, 6.45) is 0. The van der Waals surface area contributed by atoms with Crippen LogP contribution < -0.4 is 59.1 Å². The van der Waals surface area contributed by atoms with Crippen LogP contribution in [0.3, 0.4) is 0 Å². The summed E-state index contributed by atoms with van der Waals surface area (Å²) in [5, 5.41) is 0. The third kappa shape index (κ3) is 1670000.